The van der Waals surface area contributed by atoms with Crippen molar-refractivity contribution in [1.29, 1.82) is 0 Å². The van der Waals surface area contributed by atoms with Gasteiger partial charge in [-0.2, -0.15) is 0 Å². The summed E-state index contributed by atoms with van der Waals surface area (Å²) in [5.41, 5.74) is 1.67. The second-order valence-electron chi connectivity index (χ2n) is 4.37. The minimum atomic E-state index is -1.06. The lowest BCUT2D eigenvalue weighted by Gasteiger charge is -2.03. The lowest BCUT2D eigenvalue weighted by atomic mass is 10.2. The van der Waals surface area contributed by atoms with Gasteiger partial charge >= 0.3 is 5.97 Å². The maximum absolute atomic E-state index is 10.9. The molecule has 3 rings (SSSR count). The number of hydrogen-bond acceptors (Lipinski definition) is 4. The fourth-order valence-electron chi connectivity index (χ4n) is 1.92. The minimum Gasteiger partial charge on any atom is -0.475 e. The first-order valence-electron chi connectivity index (χ1n) is 6.12. The zero-order valence-corrected chi connectivity index (χ0v) is 13.1. The number of fused-ring (bicyclic) bond motifs is 1. The Hall–Kier alpha value is -1.79. The first kappa shape index (κ1) is 14.2. The second-order valence-corrected chi connectivity index (χ2v) is 6.19. The van der Waals surface area contributed by atoms with Gasteiger partial charge in [-0.05, 0) is 51.8 Å². The van der Waals surface area contributed by atoms with E-state index in [0.29, 0.717) is 5.58 Å². The van der Waals surface area contributed by atoms with Crippen LogP contribution in [-0.4, -0.2) is 16.1 Å². The van der Waals surface area contributed by atoms with Gasteiger partial charge < -0.3 is 9.52 Å². The van der Waals surface area contributed by atoms with Crippen molar-refractivity contribution in [1.82, 2.24) is 4.98 Å². The van der Waals surface area contributed by atoms with Gasteiger partial charge in [0.15, 0.2) is 0 Å². The van der Waals surface area contributed by atoms with Crippen LogP contribution in [0.4, 0.5) is 0 Å². The zero-order valence-electron chi connectivity index (χ0n) is 10.7. The van der Waals surface area contributed by atoms with Crippen molar-refractivity contribution in [3.63, 3.8) is 0 Å². The summed E-state index contributed by atoms with van der Waals surface area (Å²) in [6, 6.07) is 11.0. The molecule has 0 bridgehead atoms. The van der Waals surface area contributed by atoms with Crippen molar-refractivity contribution in [2.75, 3.05) is 0 Å². The van der Waals surface area contributed by atoms with Crippen LogP contribution in [0.15, 0.2) is 56.5 Å². The van der Waals surface area contributed by atoms with E-state index in [1.807, 2.05) is 24.3 Å². The Morgan fingerprint density at radius 2 is 2.19 bits per heavy atom. The predicted octanol–water partition coefficient (Wildman–Crippen LogP) is 4.58. The molecule has 0 unspecified atom stereocenters. The van der Waals surface area contributed by atoms with Crippen LogP contribution in [0.2, 0.25) is 0 Å². The van der Waals surface area contributed by atoms with Crippen LogP contribution in [0.5, 0.6) is 0 Å². The van der Waals surface area contributed by atoms with Crippen LogP contribution in [-0.2, 0) is 5.75 Å². The van der Waals surface area contributed by atoms with Gasteiger partial charge in [0.1, 0.15) is 10.6 Å². The van der Waals surface area contributed by atoms with Crippen molar-refractivity contribution in [3.8, 4) is 0 Å². The van der Waals surface area contributed by atoms with Gasteiger partial charge in [-0.25, -0.2) is 9.78 Å². The molecular weight excluding hydrogens is 354 g/mol. The van der Waals surface area contributed by atoms with E-state index in [1.54, 1.807) is 30.1 Å². The number of aromatic nitrogens is 1. The van der Waals surface area contributed by atoms with Crippen molar-refractivity contribution >= 4 is 44.6 Å². The summed E-state index contributed by atoms with van der Waals surface area (Å²) in [5, 5.41) is 10.7. The third-order valence-electron chi connectivity index (χ3n) is 2.89. The lowest BCUT2D eigenvalue weighted by molar-refractivity contribution is 0.0665. The molecule has 1 aromatic carbocycles. The molecule has 3 aromatic rings. The van der Waals surface area contributed by atoms with Gasteiger partial charge in [-0.3, -0.25) is 0 Å². The predicted molar refractivity (Wildman–Crippen MR) is 84.7 cm³/mol. The van der Waals surface area contributed by atoms with Crippen molar-refractivity contribution in [2.45, 2.75) is 10.8 Å². The number of carbonyl (C=O) groups is 1. The molecule has 0 aliphatic carbocycles. The first-order chi connectivity index (χ1) is 10.1. The number of carboxylic acid groups (broad SMARTS) is 1. The zero-order chi connectivity index (χ0) is 14.8. The van der Waals surface area contributed by atoms with Crippen molar-refractivity contribution in [3.05, 3.63) is 58.4 Å². The molecule has 0 aliphatic rings. The van der Waals surface area contributed by atoms with Crippen LogP contribution >= 0.6 is 27.7 Å². The molecule has 0 aliphatic heterocycles. The summed E-state index contributed by atoms with van der Waals surface area (Å²) in [4.78, 5) is 15.2. The maximum atomic E-state index is 10.9. The van der Waals surface area contributed by atoms with Crippen molar-refractivity contribution < 1.29 is 14.3 Å². The molecule has 0 saturated carbocycles. The SMILES string of the molecule is O=C(O)c1cc2cc(CSc3ncccc3Br)ccc2o1. The number of rotatable bonds is 4. The quantitative estimate of drug-likeness (QED) is 0.687. The highest BCUT2D eigenvalue weighted by Gasteiger charge is 2.11. The van der Waals surface area contributed by atoms with Gasteiger partial charge in [-0.15, -0.1) is 11.8 Å². The van der Waals surface area contributed by atoms with Crippen LogP contribution in [0.1, 0.15) is 16.1 Å². The number of halogens is 1. The Kier molecular flexibility index (Phi) is 3.98. The second kappa shape index (κ2) is 5.91. The summed E-state index contributed by atoms with van der Waals surface area (Å²) in [6.45, 7) is 0. The highest BCUT2D eigenvalue weighted by molar-refractivity contribution is 9.10. The Labute approximate surface area is 133 Å². The van der Waals surface area contributed by atoms with Crippen LogP contribution in [0.3, 0.4) is 0 Å². The Balaban J connectivity index is 1.81. The van der Waals surface area contributed by atoms with Crippen LogP contribution in [0, 0.1) is 0 Å². The number of furan rings is 1. The number of carboxylic acids is 1. The van der Waals surface area contributed by atoms with Crippen molar-refractivity contribution in [2.24, 2.45) is 0 Å². The average Bonchev–Trinajstić information content (AvgIpc) is 2.90. The minimum absolute atomic E-state index is 0.0396. The molecule has 2 aromatic heterocycles. The molecule has 2 heterocycles. The fraction of sp³-hybridized carbons (Fsp3) is 0.0667. The molecule has 0 saturated heterocycles. The number of hydrogen-bond donors (Lipinski definition) is 1. The smallest absolute Gasteiger partial charge is 0.371 e. The van der Waals surface area contributed by atoms with E-state index < -0.39 is 5.97 Å². The molecule has 0 atom stereocenters. The fourth-order valence-corrected chi connectivity index (χ4v) is 3.34. The van der Waals surface area contributed by atoms with Crippen LogP contribution in [0.25, 0.3) is 11.0 Å². The monoisotopic (exact) mass is 363 g/mol. The Bertz CT molecular complexity index is 816. The van der Waals surface area contributed by atoms with E-state index in [9.17, 15) is 4.79 Å². The van der Waals surface area contributed by atoms with Gasteiger partial charge in [0, 0.05) is 21.8 Å². The summed E-state index contributed by atoms with van der Waals surface area (Å²) in [5.74, 6) is -0.346. The summed E-state index contributed by atoms with van der Waals surface area (Å²) >= 11 is 5.08. The largest absolute Gasteiger partial charge is 0.475 e. The number of aromatic carboxylic acids is 1. The molecule has 6 heteroatoms. The normalized spacial score (nSPS) is 10.9. The molecule has 4 nitrogen and oxygen atoms in total. The number of nitrogens with zero attached hydrogens (tertiary/aromatic N) is 1. The van der Waals surface area contributed by atoms with Gasteiger partial charge in [0.2, 0.25) is 5.76 Å². The first-order valence-corrected chi connectivity index (χ1v) is 7.90. The third kappa shape index (κ3) is 3.11. The maximum Gasteiger partial charge on any atom is 0.371 e. The van der Waals surface area contributed by atoms with E-state index in [2.05, 4.69) is 20.9 Å². The van der Waals surface area contributed by atoms with Gasteiger partial charge in [0.25, 0.3) is 0 Å². The number of thioether (sulfide) groups is 1. The van der Waals surface area contributed by atoms with E-state index >= 15 is 0 Å². The molecule has 21 heavy (non-hydrogen) atoms. The van der Waals surface area contributed by atoms with Gasteiger partial charge in [0.05, 0.1) is 0 Å². The van der Waals surface area contributed by atoms with E-state index in [-0.39, 0.29) is 5.76 Å². The molecule has 0 amide bonds. The average molecular weight is 364 g/mol. The molecule has 0 radical (unpaired) electrons. The van der Waals surface area contributed by atoms with E-state index in [4.69, 9.17) is 9.52 Å². The topological polar surface area (TPSA) is 63.3 Å². The number of pyridine rings is 1. The summed E-state index contributed by atoms with van der Waals surface area (Å²) in [6.07, 6.45) is 1.76. The third-order valence-corrected chi connectivity index (χ3v) is 4.87. The molecule has 106 valence electrons. The molecule has 0 spiro atoms. The van der Waals surface area contributed by atoms with E-state index in [1.165, 1.54) is 0 Å². The van der Waals surface area contributed by atoms with E-state index in [0.717, 1.165) is 26.2 Å². The van der Waals surface area contributed by atoms with Crippen LogP contribution < -0.4 is 0 Å². The molecular formula is C15H10BrNO3S. The summed E-state index contributed by atoms with van der Waals surface area (Å²) < 4.78 is 6.21. The molecule has 0 fully saturated rings. The standard InChI is InChI=1S/C15H10BrNO3S/c16-11-2-1-5-17-14(11)21-8-9-3-4-12-10(6-9)7-13(20-12)15(18)19/h1-7H,8H2,(H,18,19). The highest BCUT2D eigenvalue weighted by Crippen LogP contribution is 2.29. The molecule has 1 N–H and O–H groups in total. The highest BCUT2D eigenvalue weighted by atomic mass is 79.9. The Morgan fingerprint density at radius 1 is 1.33 bits per heavy atom. The lowest BCUT2D eigenvalue weighted by Crippen LogP contribution is -1.91. The van der Waals surface area contributed by atoms with Gasteiger partial charge in [-0.1, -0.05) is 6.07 Å². The summed E-state index contributed by atoms with van der Waals surface area (Å²) in [7, 11) is 0. The Morgan fingerprint density at radius 3 is 2.95 bits per heavy atom. The number of benzene rings is 1.